The highest BCUT2D eigenvalue weighted by Crippen LogP contribution is 2.78. The Bertz CT molecular complexity index is 1120. The van der Waals surface area contributed by atoms with Gasteiger partial charge in [-0.1, -0.05) is 6.92 Å². The van der Waals surface area contributed by atoms with E-state index in [4.69, 9.17) is 0 Å². The lowest BCUT2D eigenvalue weighted by molar-refractivity contribution is -0.243. The Labute approximate surface area is 191 Å². The Morgan fingerprint density at radius 3 is 2.55 bits per heavy atom. The second kappa shape index (κ2) is 7.16. The van der Waals surface area contributed by atoms with Gasteiger partial charge in [0.25, 0.3) is 11.8 Å². The molecule has 178 valence electrons. The van der Waals surface area contributed by atoms with Gasteiger partial charge in [-0.2, -0.15) is 18.3 Å². The van der Waals surface area contributed by atoms with Gasteiger partial charge in [0.05, 0.1) is 10.7 Å². The molecule has 3 saturated carbocycles. The Kier molecular flexibility index (Phi) is 4.91. The molecule has 3 fully saturated rings. The lowest BCUT2D eigenvalue weighted by Crippen LogP contribution is -2.59. The van der Waals surface area contributed by atoms with Gasteiger partial charge in [0.15, 0.2) is 0 Å². The Hall–Kier alpha value is -2.17. The molecule has 1 amide bonds. The first kappa shape index (κ1) is 22.6. The minimum Gasteiger partial charge on any atom is -0.321 e. The third kappa shape index (κ3) is 3.54. The van der Waals surface area contributed by atoms with Crippen LogP contribution in [-0.4, -0.2) is 32.8 Å². The molecule has 0 radical (unpaired) electrons. The van der Waals surface area contributed by atoms with Gasteiger partial charge in [0.2, 0.25) is 0 Å². The van der Waals surface area contributed by atoms with Gasteiger partial charge < -0.3 is 5.32 Å². The number of nitrogens with one attached hydrogen (secondary N) is 1. The van der Waals surface area contributed by atoms with Gasteiger partial charge in [0.1, 0.15) is 11.3 Å². The zero-order chi connectivity index (χ0) is 23.8. The first-order chi connectivity index (χ1) is 15.4. The number of halogens is 5. The van der Waals surface area contributed by atoms with E-state index in [1.54, 1.807) is 19.2 Å². The zero-order valence-corrected chi connectivity index (χ0v) is 18.9. The quantitative estimate of drug-likeness (QED) is 0.404. The monoisotopic (exact) mass is 486 g/mol. The number of carbonyl (C=O) groups is 1. The average Bonchev–Trinajstić information content (AvgIpc) is 3.63. The van der Waals surface area contributed by atoms with Gasteiger partial charge >= 0.3 is 6.18 Å². The van der Waals surface area contributed by atoms with E-state index in [2.05, 4.69) is 15.4 Å². The number of pyridine rings is 1. The van der Waals surface area contributed by atoms with Crippen LogP contribution in [0, 0.1) is 10.8 Å². The maximum Gasteiger partial charge on any atom is 0.420 e. The van der Waals surface area contributed by atoms with E-state index in [0.29, 0.717) is 36.4 Å². The maximum atomic E-state index is 14.3. The van der Waals surface area contributed by atoms with Crippen LogP contribution < -0.4 is 5.32 Å². The standard InChI is InChI=1S/C22H23F5N4OS/c1-19(10-21(23,24)20(19)6-7-20)11-31-17(15(22(25,26)27)16(30-31)12-3-4-12)18(32)29-13-5-8-28-14(9-13)33-2/h5,8-9,12H,3-4,6-7,10-11H2,1-2H3,(H,28,29,32)/t19-/m1/s1. The van der Waals surface area contributed by atoms with Crippen molar-refractivity contribution in [1.29, 1.82) is 0 Å². The molecule has 0 unspecified atom stereocenters. The average molecular weight is 487 g/mol. The minimum absolute atomic E-state index is 0.159. The molecule has 2 heterocycles. The van der Waals surface area contributed by atoms with Crippen molar-refractivity contribution in [3.05, 3.63) is 35.3 Å². The fraction of sp³-hybridized carbons (Fsp3) is 0.591. The van der Waals surface area contributed by atoms with Crippen LogP contribution in [0.3, 0.4) is 0 Å². The summed E-state index contributed by atoms with van der Waals surface area (Å²) in [4.78, 5) is 17.3. The molecular weight excluding hydrogens is 463 g/mol. The topological polar surface area (TPSA) is 59.8 Å². The van der Waals surface area contributed by atoms with Gasteiger partial charge in [-0.15, -0.1) is 11.8 Å². The number of alkyl halides is 5. The SMILES string of the molecule is CSc1cc(NC(=O)c2c(C(F)(F)F)c(C3CC3)nn2C[C@@]2(C)CC(F)(F)C23CC3)ccn1. The van der Waals surface area contributed by atoms with Crippen LogP contribution in [0.5, 0.6) is 0 Å². The molecule has 3 aliphatic rings. The molecule has 1 N–H and O–H groups in total. The van der Waals surface area contributed by atoms with E-state index in [0.717, 1.165) is 4.68 Å². The van der Waals surface area contributed by atoms with Crippen LogP contribution >= 0.6 is 11.8 Å². The summed E-state index contributed by atoms with van der Waals surface area (Å²) >= 11 is 1.33. The molecule has 1 spiro atoms. The summed E-state index contributed by atoms with van der Waals surface area (Å²) in [6.45, 7) is 1.51. The maximum absolute atomic E-state index is 14.3. The number of thioether (sulfide) groups is 1. The molecule has 0 saturated heterocycles. The molecule has 0 aliphatic heterocycles. The molecule has 0 bridgehead atoms. The van der Waals surface area contributed by atoms with Crippen LogP contribution in [0.2, 0.25) is 0 Å². The molecule has 2 aromatic heterocycles. The van der Waals surface area contributed by atoms with Gasteiger partial charge in [-0.05, 0) is 44.1 Å². The first-order valence-electron chi connectivity index (χ1n) is 10.8. The molecule has 2 aromatic rings. The number of aromatic nitrogens is 3. The van der Waals surface area contributed by atoms with Crippen molar-refractivity contribution in [3.63, 3.8) is 0 Å². The predicted molar refractivity (Wildman–Crippen MR) is 113 cm³/mol. The normalized spacial score (nSPS) is 25.1. The summed E-state index contributed by atoms with van der Waals surface area (Å²) < 4.78 is 72.2. The van der Waals surface area contributed by atoms with E-state index in [1.807, 2.05) is 0 Å². The largest absolute Gasteiger partial charge is 0.420 e. The van der Waals surface area contributed by atoms with Crippen molar-refractivity contribution < 1.29 is 26.7 Å². The van der Waals surface area contributed by atoms with Crippen LogP contribution in [0.15, 0.2) is 23.4 Å². The molecule has 5 nitrogen and oxygen atoms in total. The van der Waals surface area contributed by atoms with Crippen molar-refractivity contribution in [2.75, 3.05) is 11.6 Å². The van der Waals surface area contributed by atoms with Gasteiger partial charge in [0, 0.05) is 41.6 Å². The highest BCUT2D eigenvalue weighted by Gasteiger charge is 2.80. The second-order valence-corrected chi connectivity index (χ2v) is 10.4. The first-order valence-corrected chi connectivity index (χ1v) is 12.0. The predicted octanol–water partition coefficient (Wildman–Crippen LogP) is 5.97. The summed E-state index contributed by atoms with van der Waals surface area (Å²) in [5.41, 5.74) is -3.67. The minimum atomic E-state index is -4.80. The molecular formula is C22H23F5N4OS. The molecule has 33 heavy (non-hydrogen) atoms. The Morgan fingerprint density at radius 2 is 2.00 bits per heavy atom. The number of nitrogens with zero attached hydrogens (tertiary/aromatic N) is 3. The molecule has 1 atom stereocenters. The highest BCUT2D eigenvalue weighted by molar-refractivity contribution is 7.98. The number of rotatable bonds is 6. The summed E-state index contributed by atoms with van der Waals surface area (Å²) in [5.74, 6) is -4.17. The van der Waals surface area contributed by atoms with E-state index < -0.39 is 46.5 Å². The summed E-state index contributed by atoms with van der Waals surface area (Å²) in [5, 5.41) is 7.34. The van der Waals surface area contributed by atoms with Crippen molar-refractivity contribution in [2.24, 2.45) is 10.8 Å². The number of amides is 1. The number of anilines is 1. The number of carbonyl (C=O) groups excluding carboxylic acids is 1. The number of hydrogen-bond donors (Lipinski definition) is 1. The lowest BCUT2D eigenvalue weighted by atomic mass is 9.55. The summed E-state index contributed by atoms with van der Waals surface area (Å²) in [7, 11) is 0. The molecule has 11 heteroatoms. The van der Waals surface area contributed by atoms with E-state index >= 15 is 0 Å². The van der Waals surface area contributed by atoms with Crippen LogP contribution in [0.4, 0.5) is 27.6 Å². The molecule has 0 aromatic carbocycles. The fourth-order valence-corrected chi connectivity index (χ4v) is 5.74. The van der Waals surface area contributed by atoms with Crippen LogP contribution in [-0.2, 0) is 12.7 Å². The Morgan fingerprint density at radius 1 is 1.30 bits per heavy atom. The summed E-state index contributed by atoms with van der Waals surface area (Å²) in [6, 6.07) is 3.05. The van der Waals surface area contributed by atoms with Crippen molar-refractivity contribution in [2.45, 2.75) is 68.6 Å². The molecule has 5 rings (SSSR count). The number of hydrogen-bond acceptors (Lipinski definition) is 4. The molecule has 3 aliphatic carbocycles. The third-order valence-corrected chi connectivity index (χ3v) is 8.00. The third-order valence-electron chi connectivity index (χ3n) is 7.36. The van der Waals surface area contributed by atoms with Gasteiger partial charge in [-0.3, -0.25) is 9.48 Å². The fourth-order valence-electron chi connectivity index (χ4n) is 5.33. The second-order valence-electron chi connectivity index (χ2n) is 9.60. The van der Waals surface area contributed by atoms with Gasteiger partial charge in [-0.25, -0.2) is 13.8 Å². The van der Waals surface area contributed by atoms with Crippen molar-refractivity contribution in [3.8, 4) is 0 Å². The van der Waals surface area contributed by atoms with E-state index in [1.165, 1.54) is 24.0 Å². The Balaban J connectivity index is 1.55. The lowest BCUT2D eigenvalue weighted by Gasteiger charge is -2.54. The van der Waals surface area contributed by atoms with E-state index in [9.17, 15) is 26.7 Å². The zero-order valence-electron chi connectivity index (χ0n) is 18.1. The van der Waals surface area contributed by atoms with E-state index in [-0.39, 0.29) is 18.2 Å². The van der Waals surface area contributed by atoms with Crippen LogP contribution in [0.25, 0.3) is 0 Å². The van der Waals surface area contributed by atoms with Crippen LogP contribution in [0.1, 0.15) is 66.7 Å². The summed E-state index contributed by atoms with van der Waals surface area (Å²) in [6.07, 6.45) is -0.215. The van der Waals surface area contributed by atoms with Crippen molar-refractivity contribution >= 4 is 23.4 Å². The smallest absolute Gasteiger partial charge is 0.321 e. The van der Waals surface area contributed by atoms with Crippen molar-refractivity contribution in [1.82, 2.24) is 14.8 Å². The highest BCUT2D eigenvalue weighted by atomic mass is 32.2.